The van der Waals surface area contributed by atoms with Gasteiger partial charge in [0.1, 0.15) is 5.75 Å². The second-order valence-corrected chi connectivity index (χ2v) is 3.99. The summed E-state index contributed by atoms with van der Waals surface area (Å²) in [6.07, 6.45) is -4.65. The standard InChI is InChI=1S/C13H12F3NO/c1-9-3-4-10(2)17(9)11-5-7-12(8-6-11)18-13(14,15)16/h3-8H,1-2H3. The summed E-state index contributed by atoms with van der Waals surface area (Å²) in [5, 5.41) is 0. The third-order valence-electron chi connectivity index (χ3n) is 2.60. The number of alkyl halides is 3. The summed E-state index contributed by atoms with van der Waals surface area (Å²) in [4.78, 5) is 0. The minimum Gasteiger partial charge on any atom is -0.406 e. The van der Waals surface area contributed by atoms with Gasteiger partial charge in [0.2, 0.25) is 0 Å². The summed E-state index contributed by atoms with van der Waals surface area (Å²) in [6.45, 7) is 3.88. The fourth-order valence-electron chi connectivity index (χ4n) is 1.87. The Hall–Kier alpha value is -1.91. The van der Waals surface area contributed by atoms with Crippen molar-refractivity contribution in [2.45, 2.75) is 20.2 Å². The first-order valence-electron chi connectivity index (χ1n) is 5.38. The predicted octanol–water partition coefficient (Wildman–Crippen LogP) is 3.99. The van der Waals surface area contributed by atoms with E-state index in [9.17, 15) is 13.2 Å². The van der Waals surface area contributed by atoms with Crippen LogP contribution in [0.1, 0.15) is 11.4 Å². The predicted molar refractivity (Wildman–Crippen MR) is 61.9 cm³/mol. The molecule has 2 aromatic rings. The highest BCUT2D eigenvalue weighted by atomic mass is 19.4. The van der Waals surface area contributed by atoms with E-state index in [0.717, 1.165) is 17.1 Å². The van der Waals surface area contributed by atoms with Crippen molar-refractivity contribution >= 4 is 0 Å². The second kappa shape index (κ2) is 4.40. The number of halogens is 3. The lowest BCUT2D eigenvalue weighted by Gasteiger charge is -2.12. The van der Waals surface area contributed by atoms with Gasteiger partial charge in [-0.1, -0.05) is 0 Å². The van der Waals surface area contributed by atoms with Crippen LogP contribution < -0.4 is 4.74 Å². The molecule has 0 saturated heterocycles. The van der Waals surface area contributed by atoms with E-state index in [1.807, 2.05) is 30.5 Å². The van der Waals surface area contributed by atoms with Crippen molar-refractivity contribution in [3.8, 4) is 11.4 Å². The van der Waals surface area contributed by atoms with Crippen LogP contribution in [0.4, 0.5) is 13.2 Å². The molecule has 0 unspecified atom stereocenters. The Labute approximate surface area is 103 Å². The Balaban J connectivity index is 2.28. The van der Waals surface area contributed by atoms with Gasteiger partial charge >= 0.3 is 6.36 Å². The molecule has 2 rings (SSSR count). The van der Waals surface area contributed by atoms with E-state index in [0.29, 0.717) is 0 Å². The molecule has 5 heteroatoms. The van der Waals surface area contributed by atoms with E-state index in [2.05, 4.69) is 4.74 Å². The molecule has 0 radical (unpaired) electrons. The quantitative estimate of drug-likeness (QED) is 0.791. The van der Waals surface area contributed by atoms with E-state index in [-0.39, 0.29) is 5.75 Å². The molecule has 0 atom stereocenters. The first kappa shape index (κ1) is 12.5. The third kappa shape index (κ3) is 2.67. The zero-order valence-electron chi connectivity index (χ0n) is 9.95. The monoisotopic (exact) mass is 255 g/mol. The summed E-state index contributed by atoms with van der Waals surface area (Å²) in [5.41, 5.74) is 2.86. The number of aromatic nitrogens is 1. The molecule has 0 aliphatic rings. The van der Waals surface area contributed by atoms with Crippen LogP contribution in [0.15, 0.2) is 36.4 Å². The van der Waals surface area contributed by atoms with Crippen molar-refractivity contribution in [2.24, 2.45) is 0 Å². The van der Waals surface area contributed by atoms with Crippen LogP contribution >= 0.6 is 0 Å². The fraction of sp³-hybridized carbons (Fsp3) is 0.231. The zero-order valence-corrected chi connectivity index (χ0v) is 9.95. The van der Waals surface area contributed by atoms with Gasteiger partial charge in [0, 0.05) is 17.1 Å². The molecule has 0 N–H and O–H groups in total. The SMILES string of the molecule is Cc1ccc(C)n1-c1ccc(OC(F)(F)F)cc1. The first-order chi connectivity index (χ1) is 8.37. The molecule has 1 aromatic carbocycles. The van der Waals surface area contributed by atoms with Crippen molar-refractivity contribution in [2.75, 3.05) is 0 Å². The highest BCUT2D eigenvalue weighted by Gasteiger charge is 2.30. The highest BCUT2D eigenvalue weighted by molar-refractivity contribution is 5.41. The summed E-state index contributed by atoms with van der Waals surface area (Å²) in [5.74, 6) is -0.214. The fourth-order valence-corrected chi connectivity index (χ4v) is 1.87. The van der Waals surface area contributed by atoms with E-state index >= 15 is 0 Å². The molecule has 0 aliphatic heterocycles. The number of hydrogen-bond acceptors (Lipinski definition) is 1. The molecular formula is C13H12F3NO. The van der Waals surface area contributed by atoms with Gasteiger partial charge in [-0.3, -0.25) is 0 Å². The van der Waals surface area contributed by atoms with E-state index in [4.69, 9.17) is 0 Å². The van der Waals surface area contributed by atoms with Gasteiger partial charge in [0.05, 0.1) is 0 Å². The largest absolute Gasteiger partial charge is 0.573 e. The van der Waals surface area contributed by atoms with Crippen molar-refractivity contribution in [1.82, 2.24) is 4.57 Å². The first-order valence-corrected chi connectivity index (χ1v) is 5.38. The molecule has 0 saturated carbocycles. The third-order valence-corrected chi connectivity index (χ3v) is 2.60. The summed E-state index contributed by atoms with van der Waals surface area (Å²) in [7, 11) is 0. The lowest BCUT2D eigenvalue weighted by Crippen LogP contribution is -2.17. The molecule has 1 heterocycles. The molecule has 1 aromatic heterocycles. The van der Waals surface area contributed by atoms with Crippen LogP contribution in [-0.2, 0) is 0 Å². The van der Waals surface area contributed by atoms with Crippen LogP contribution in [0.5, 0.6) is 5.75 Å². The summed E-state index contributed by atoms with van der Waals surface area (Å²) >= 11 is 0. The molecule has 0 aliphatic carbocycles. The van der Waals surface area contributed by atoms with Gasteiger partial charge < -0.3 is 9.30 Å². The molecule has 96 valence electrons. The number of hydrogen-bond donors (Lipinski definition) is 0. The highest BCUT2D eigenvalue weighted by Crippen LogP contribution is 2.24. The molecule has 0 spiro atoms. The number of nitrogens with zero attached hydrogens (tertiary/aromatic N) is 1. The maximum Gasteiger partial charge on any atom is 0.573 e. The van der Waals surface area contributed by atoms with Crippen molar-refractivity contribution in [3.05, 3.63) is 47.8 Å². The zero-order chi connectivity index (χ0) is 13.3. The lowest BCUT2D eigenvalue weighted by molar-refractivity contribution is -0.274. The topological polar surface area (TPSA) is 14.2 Å². The summed E-state index contributed by atoms with van der Waals surface area (Å²) < 4.78 is 41.8. The van der Waals surface area contributed by atoms with Gasteiger partial charge in [0.15, 0.2) is 0 Å². The van der Waals surface area contributed by atoms with Gasteiger partial charge in [-0.2, -0.15) is 0 Å². The Morgan fingerprint density at radius 2 is 1.39 bits per heavy atom. The van der Waals surface area contributed by atoms with Crippen LogP contribution in [0.3, 0.4) is 0 Å². The molecule has 0 amide bonds. The lowest BCUT2D eigenvalue weighted by atomic mass is 10.3. The average Bonchev–Trinajstić information content (AvgIpc) is 2.58. The maximum absolute atomic E-state index is 12.0. The van der Waals surface area contributed by atoms with Gasteiger partial charge in [0.25, 0.3) is 0 Å². The number of ether oxygens (including phenoxy) is 1. The Morgan fingerprint density at radius 3 is 1.83 bits per heavy atom. The summed E-state index contributed by atoms with van der Waals surface area (Å²) in [6, 6.07) is 9.72. The molecular weight excluding hydrogens is 243 g/mol. The van der Waals surface area contributed by atoms with Gasteiger partial charge in [-0.05, 0) is 50.2 Å². The molecule has 18 heavy (non-hydrogen) atoms. The van der Waals surface area contributed by atoms with E-state index in [1.54, 1.807) is 12.1 Å². The van der Waals surface area contributed by atoms with E-state index in [1.165, 1.54) is 12.1 Å². The Kier molecular flexibility index (Phi) is 3.07. The van der Waals surface area contributed by atoms with Crippen LogP contribution in [0, 0.1) is 13.8 Å². The maximum atomic E-state index is 12.0. The normalized spacial score (nSPS) is 11.6. The number of benzene rings is 1. The molecule has 2 nitrogen and oxygen atoms in total. The van der Waals surface area contributed by atoms with Crippen LogP contribution in [-0.4, -0.2) is 10.9 Å². The van der Waals surface area contributed by atoms with Crippen molar-refractivity contribution in [3.63, 3.8) is 0 Å². The van der Waals surface area contributed by atoms with Crippen molar-refractivity contribution < 1.29 is 17.9 Å². The number of rotatable bonds is 2. The minimum absolute atomic E-state index is 0.214. The van der Waals surface area contributed by atoms with Crippen molar-refractivity contribution in [1.29, 1.82) is 0 Å². The average molecular weight is 255 g/mol. The Morgan fingerprint density at radius 1 is 0.889 bits per heavy atom. The Bertz CT molecular complexity index is 521. The van der Waals surface area contributed by atoms with E-state index < -0.39 is 6.36 Å². The van der Waals surface area contributed by atoms with Gasteiger partial charge in [-0.25, -0.2) is 0 Å². The molecule has 0 bridgehead atoms. The smallest absolute Gasteiger partial charge is 0.406 e. The van der Waals surface area contributed by atoms with Crippen LogP contribution in [0.2, 0.25) is 0 Å². The number of aryl methyl sites for hydroxylation is 2. The second-order valence-electron chi connectivity index (χ2n) is 3.99. The molecule has 0 fully saturated rings. The van der Waals surface area contributed by atoms with Gasteiger partial charge in [-0.15, -0.1) is 13.2 Å². The van der Waals surface area contributed by atoms with Crippen LogP contribution in [0.25, 0.3) is 5.69 Å². The minimum atomic E-state index is -4.65.